The molecule has 7 heteroatoms. The van der Waals surface area contributed by atoms with Gasteiger partial charge in [-0.3, -0.25) is 9.48 Å². The SMILES string of the molecule is Cc1c(C(=O)NS(=O)(=O)c2ccc3c(c2)CCCC3)cnn1Cc1ccccc1. The molecule has 1 heterocycles. The Morgan fingerprint density at radius 2 is 1.79 bits per heavy atom. The van der Waals surface area contributed by atoms with Crippen LogP contribution in [0.2, 0.25) is 0 Å². The molecule has 2 aromatic carbocycles. The second-order valence-electron chi connectivity index (χ2n) is 7.36. The first-order valence-corrected chi connectivity index (χ1v) is 11.2. The third-order valence-corrected chi connectivity index (χ3v) is 6.71. The van der Waals surface area contributed by atoms with E-state index in [0.717, 1.165) is 36.8 Å². The molecular weight excluding hydrogens is 386 g/mol. The summed E-state index contributed by atoms with van der Waals surface area (Å²) in [6.45, 7) is 2.27. The van der Waals surface area contributed by atoms with Crippen molar-refractivity contribution in [2.45, 2.75) is 44.0 Å². The summed E-state index contributed by atoms with van der Waals surface area (Å²) >= 11 is 0. The molecule has 0 bridgehead atoms. The van der Waals surface area contributed by atoms with Crippen LogP contribution in [-0.4, -0.2) is 24.1 Å². The quantitative estimate of drug-likeness (QED) is 0.701. The number of nitrogens with zero attached hydrogens (tertiary/aromatic N) is 2. The molecule has 29 heavy (non-hydrogen) atoms. The normalized spacial score (nSPS) is 13.7. The molecule has 0 fully saturated rings. The number of hydrogen-bond donors (Lipinski definition) is 1. The average Bonchev–Trinajstić information content (AvgIpc) is 3.08. The molecule has 0 saturated carbocycles. The van der Waals surface area contributed by atoms with Crippen LogP contribution in [0.25, 0.3) is 0 Å². The van der Waals surface area contributed by atoms with Gasteiger partial charge in [0.1, 0.15) is 0 Å². The summed E-state index contributed by atoms with van der Waals surface area (Å²) in [4.78, 5) is 12.8. The Bertz CT molecular complexity index is 1150. The van der Waals surface area contributed by atoms with Gasteiger partial charge < -0.3 is 0 Å². The van der Waals surface area contributed by atoms with Crippen LogP contribution in [0.1, 0.15) is 45.6 Å². The largest absolute Gasteiger partial charge is 0.268 e. The van der Waals surface area contributed by atoms with Crippen molar-refractivity contribution >= 4 is 15.9 Å². The average molecular weight is 410 g/mol. The Kier molecular flexibility index (Phi) is 5.24. The molecule has 0 spiro atoms. The smallest absolute Gasteiger partial charge is 0.268 e. The van der Waals surface area contributed by atoms with Crippen LogP contribution in [0, 0.1) is 6.92 Å². The van der Waals surface area contributed by atoms with Crippen molar-refractivity contribution in [1.29, 1.82) is 0 Å². The Balaban J connectivity index is 1.53. The highest BCUT2D eigenvalue weighted by Gasteiger charge is 2.23. The van der Waals surface area contributed by atoms with Gasteiger partial charge in [0.25, 0.3) is 15.9 Å². The van der Waals surface area contributed by atoms with Crippen molar-refractivity contribution in [3.8, 4) is 0 Å². The van der Waals surface area contributed by atoms with Gasteiger partial charge in [0, 0.05) is 5.69 Å². The van der Waals surface area contributed by atoms with Crippen LogP contribution in [0.3, 0.4) is 0 Å². The predicted molar refractivity (Wildman–Crippen MR) is 110 cm³/mol. The first-order valence-electron chi connectivity index (χ1n) is 9.69. The molecule has 0 saturated heterocycles. The number of carbonyl (C=O) groups is 1. The van der Waals surface area contributed by atoms with Crippen LogP contribution in [0.5, 0.6) is 0 Å². The molecule has 1 aromatic heterocycles. The number of hydrogen-bond acceptors (Lipinski definition) is 4. The predicted octanol–water partition coefficient (Wildman–Crippen LogP) is 3.24. The summed E-state index contributed by atoms with van der Waals surface area (Å²) in [6, 6.07) is 14.9. The van der Waals surface area contributed by atoms with Crippen molar-refractivity contribution in [2.24, 2.45) is 0 Å². The number of carbonyl (C=O) groups excluding carboxylic acids is 1. The number of amides is 1. The monoisotopic (exact) mass is 409 g/mol. The van der Waals surface area contributed by atoms with Crippen LogP contribution >= 0.6 is 0 Å². The number of aromatic nitrogens is 2. The van der Waals surface area contributed by atoms with Gasteiger partial charge in [-0.05, 0) is 61.4 Å². The summed E-state index contributed by atoms with van der Waals surface area (Å²) < 4.78 is 29.4. The first kappa shape index (κ1) is 19.4. The van der Waals surface area contributed by atoms with Gasteiger partial charge in [0.05, 0.1) is 23.2 Å². The highest BCUT2D eigenvalue weighted by atomic mass is 32.2. The lowest BCUT2D eigenvalue weighted by Crippen LogP contribution is -2.31. The maximum Gasteiger partial charge on any atom is 0.268 e. The van der Waals surface area contributed by atoms with Gasteiger partial charge in [-0.15, -0.1) is 0 Å². The zero-order valence-corrected chi connectivity index (χ0v) is 17.1. The number of rotatable bonds is 5. The summed E-state index contributed by atoms with van der Waals surface area (Å²) in [5, 5.41) is 4.25. The Morgan fingerprint density at radius 1 is 1.07 bits per heavy atom. The molecule has 6 nitrogen and oxygen atoms in total. The van der Waals surface area contributed by atoms with E-state index in [1.165, 1.54) is 11.8 Å². The molecular formula is C22H23N3O3S. The summed E-state index contributed by atoms with van der Waals surface area (Å²) in [5.74, 6) is -0.667. The van der Waals surface area contributed by atoms with E-state index < -0.39 is 15.9 Å². The zero-order chi connectivity index (χ0) is 20.4. The topological polar surface area (TPSA) is 81.1 Å². The standard InChI is InChI=1S/C22H23N3O3S/c1-16-21(14-23-25(16)15-17-7-3-2-4-8-17)22(26)24-29(27,28)20-12-11-18-9-5-6-10-19(18)13-20/h2-4,7-8,11-14H,5-6,9-10,15H2,1H3,(H,24,26). The summed E-state index contributed by atoms with van der Waals surface area (Å²) in [7, 11) is -3.94. The van der Waals surface area contributed by atoms with Gasteiger partial charge in [0.15, 0.2) is 0 Å². The van der Waals surface area contributed by atoms with Crippen molar-refractivity contribution in [1.82, 2.24) is 14.5 Å². The number of fused-ring (bicyclic) bond motifs is 1. The van der Waals surface area contributed by atoms with Crippen molar-refractivity contribution in [3.63, 3.8) is 0 Å². The molecule has 0 aliphatic heterocycles. The van der Waals surface area contributed by atoms with Crippen molar-refractivity contribution in [3.05, 3.63) is 82.7 Å². The number of nitrogens with one attached hydrogen (secondary N) is 1. The maximum atomic E-state index is 12.8. The van der Waals surface area contributed by atoms with Gasteiger partial charge in [-0.1, -0.05) is 36.4 Å². The van der Waals surface area contributed by atoms with E-state index in [4.69, 9.17) is 0 Å². The maximum absolute atomic E-state index is 12.8. The van der Waals surface area contributed by atoms with Gasteiger partial charge in [0.2, 0.25) is 0 Å². The lowest BCUT2D eigenvalue weighted by atomic mass is 9.92. The fraction of sp³-hybridized carbons (Fsp3) is 0.273. The third-order valence-electron chi connectivity index (χ3n) is 5.38. The van der Waals surface area contributed by atoms with E-state index in [9.17, 15) is 13.2 Å². The van der Waals surface area contributed by atoms with E-state index in [-0.39, 0.29) is 10.5 Å². The number of sulfonamides is 1. The highest BCUT2D eigenvalue weighted by molar-refractivity contribution is 7.90. The molecule has 1 aliphatic rings. The van der Waals surface area contributed by atoms with E-state index in [2.05, 4.69) is 9.82 Å². The Hall–Kier alpha value is -2.93. The first-order chi connectivity index (χ1) is 13.9. The van der Waals surface area contributed by atoms with E-state index >= 15 is 0 Å². The second kappa shape index (κ2) is 7.83. The van der Waals surface area contributed by atoms with Crippen LogP contribution in [0.4, 0.5) is 0 Å². The van der Waals surface area contributed by atoms with Gasteiger partial charge in [-0.25, -0.2) is 13.1 Å². The minimum absolute atomic E-state index is 0.126. The molecule has 1 N–H and O–H groups in total. The van der Waals surface area contributed by atoms with Gasteiger partial charge >= 0.3 is 0 Å². The van der Waals surface area contributed by atoms with E-state index in [1.54, 1.807) is 23.7 Å². The minimum atomic E-state index is -3.94. The molecule has 0 radical (unpaired) electrons. The molecule has 0 unspecified atom stereocenters. The molecule has 150 valence electrons. The lowest BCUT2D eigenvalue weighted by Gasteiger charge is -2.16. The van der Waals surface area contributed by atoms with E-state index in [0.29, 0.717) is 12.2 Å². The second-order valence-corrected chi connectivity index (χ2v) is 9.04. The summed E-state index contributed by atoms with van der Waals surface area (Å²) in [6.07, 6.45) is 5.44. The van der Waals surface area contributed by atoms with Crippen LogP contribution in [-0.2, 0) is 29.4 Å². The Labute approximate surface area is 170 Å². The highest BCUT2D eigenvalue weighted by Crippen LogP contribution is 2.24. The van der Waals surface area contributed by atoms with E-state index in [1.807, 2.05) is 36.4 Å². The number of benzene rings is 2. The molecule has 4 rings (SSSR count). The zero-order valence-electron chi connectivity index (χ0n) is 16.3. The summed E-state index contributed by atoms with van der Waals surface area (Å²) in [5.41, 5.74) is 4.17. The van der Waals surface area contributed by atoms with Crippen LogP contribution < -0.4 is 4.72 Å². The Morgan fingerprint density at radius 3 is 2.55 bits per heavy atom. The fourth-order valence-electron chi connectivity index (χ4n) is 3.70. The molecule has 0 atom stereocenters. The fourth-order valence-corrected chi connectivity index (χ4v) is 4.71. The van der Waals surface area contributed by atoms with Crippen molar-refractivity contribution in [2.75, 3.05) is 0 Å². The number of aryl methyl sites for hydroxylation is 2. The molecule has 1 amide bonds. The lowest BCUT2D eigenvalue weighted by molar-refractivity contribution is 0.0980. The third kappa shape index (κ3) is 4.10. The molecule has 3 aromatic rings. The van der Waals surface area contributed by atoms with Crippen molar-refractivity contribution < 1.29 is 13.2 Å². The minimum Gasteiger partial charge on any atom is -0.268 e. The van der Waals surface area contributed by atoms with Gasteiger partial charge in [-0.2, -0.15) is 5.10 Å². The van der Waals surface area contributed by atoms with Crippen LogP contribution in [0.15, 0.2) is 59.6 Å². The molecule has 1 aliphatic carbocycles.